The summed E-state index contributed by atoms with van der Waals surface area (Å²) in [6, 6.07) is 11.7. The summed E-state index contributed by atoms with van der Waals surface area (Å²) in [6.45, 7) is 1.85. The fourth-order valence-electron chi connectivity index (χ4n) is 2.45. The van der Waals surface area contributed by atoms with E-state index in [1.54, 1.807) is 24.3 Å². The molecule has 0 bridgehead atoms. The van der Waals surface area contributed by atoms with Gasteiger partial charge >= 0.3 is 0 Å². The predicted octanol–water partition coefficient (Wildman–Crippen LogP) is 2.23. The van der Waals surface area contributed by atoms with E-state index in [-0.39, 0.29) is 11.9 Å². The molecule has 1 aromatic heterocycles. The SMILES string of the molecule is N#Cc1ccc(CN2CC(Oc3ccnc(C#N)c3)C2)c(F)c1. The van der Waals surface area contributed by atoms with Crippen molar-refractivity contribution in [3.8, 4) is 17.9 Å². The Labute approximate surface area is 133 Å². The van der Waals surface area contributed by atoms with Gasteiger partial charge in [0.2, 0.25) is 0 Å². The number of ether oxygens (including phenoxy) is 1. The highest BCUT2D eigenvalue weighted by molar-refractivity contribution is 5.33. The molecule has 1 saturated heterocycles. The number of likely N-dealkylation sites (tertiary alicyclic amines) is 1. The number of rotatable bonds is 4. The molecule has 2 aromatic rings. The molecule has 3 rings (SSSR count). The third-order valence-electron chi connectivity index (χ3n) is 3.65. The lowest BCUT2D eigenvalue weighted by atomic mass is 10.1. The molecule has 6 heteroatoms. The first-order chi connectivity index (χ1) is 11.2. The zero-order valence-corrected chi connectivity index (χ0v) is 12.2. The summed E-state index contributed by atoms with van der Waals surface area (Å²) in [6.07, 6.45) is 1.56. The number of aromatic nitrogens is 1. The van der Waals surface area contributed by atoms with Crippen LogP contribution in [0.2, 0.25) is 0 Å². The van der Waals surface area contributed by atoms with Crippen LogP contribution in [-0.2, 0) is 6.54 Å². The molecule has 0 amide bonds. The molecule has 1 aromatic carbocycles. The van der Waals surface area contributed by atoms with E-state index in [0.29, 0.717) is 42.2 Å². The first-order valence-corrected chi connectivity index (χ1v) is 7.11. The van der Waals surface area contributed by atoms with Gasteiger partial charge in [-0.1, -0.05) is 6.07 Å². The van der Waals surface area contributed by atoms with Gasteiger partial charge in [0.25, 0.3) is 0 Å². The summed E-state index contributed by atoms with van der Waals surface area (Å²) >= 11 is 0. The van der Waals surface area contributed by atoms with Gasteiger partial charge in [0.15, 0.2) is 0 Å². The molecule has 1 aliphatic rings. The van der Waals surface area contributed by atoms with Crippen LogP contribution >= 0.6 is 0 Å². The maximum absolute atomic E-state index is 13.8. The van der Waals surface area contributed by atoms with E-state index in [1.807, 2.05) is 12.1 Å². The van der Waals surface area contributed by atoms with Gasteiger partial charge in [-0.05, 0) is 18.2 Å². The monoisotopic (exact) mass is 308 g/mol. The third-order valence-corrected chi connectivity index (χ3v) is 3.65. The fraction of sp³-hybridized carbons (Fsp3) is 0.235. The van der Waals surface area contributed by atoms with Gasteiger partial charge in [0, 0.05) is 37.5 Å². The lowest BCUT2D eigenvalue weighted by Crippen LogP contribution is -2.53. The average Bonchev–Trinajstić information content (AvgIpc) is 2.54. The molecule has 1 aliphatic heterocycles. The molecule has 1 fully saturated rings. The van der Waals surface area contributed by atoms with E-state index in [1.165, 1.54) is 12.3 Å². The molecule has 0 N–H and O–H groups in total. The minimum absolute atomic E-state index is 0.0189. The molecule has 5 nitrogen and oxygen atoms in total. The minimum atomic E-state index is -0.360. The Bertz CT molecular complexity index is 803. The molecule has 0 atom stereocenters. The molecular formula is C17H13FN4O. The Morgan fingerprint density at radius 3 is 2.74 bits per heavy atom. The normalized spacial score (nSPS) is 14.6. The molecule has 0 unspecified atom stereocenters. The van der Waals surface area contributed by atoms with Crippen molar-refractivity contribution in [1.29, 1.82) is 10.5 Å². The van der Waals surface area contributed by atoms with Gasteiger partial charge < -0.3 is 4.74 Å². The van der Waals surface area contributed by atoms with Crippen molar-refractivity contribution < 1.29 is 9.13 Å². The highest BCUT2D eigenvalue weighted by Gasteiger charge is 2.29. The van der Waals surface area contributed by atoms with Gasteiger partial charge in [0.1, 0.15) is 29.4 Å². The van der Waals surface area contributed by atoms with Crippen LogP contribution in [0, 0.1) is 28.5 Å². The molecule has 23 heavy (non-hydrogen) atoms. The largest absolute Gasteiger partial charge is 0.488 e. The van der Waals surface area contributed by atoms with Crippen LogP contribution in [0.25, 0.3) is 0 Å². The molecule has 0 spiro atoms. The second-order valence-electron chi connectivity index (χ2n) is 5.34. The second-order valence-corrected chi connectivity index (χ2v) is 5.34. The summed E-state index contributed by atoms with van der Waals surface area (Å²) < 4.78 is 19.6. The van der Waals surface area contributed by atoms with Crippen molar-refractivity contribution in [2.24, 2.45) is 0 Å². The van der Waals surface area contributed by atoms with Crippen molar-refractivity contribution >= 4 is 0 Å². The summed E-state index contributed by atoms with van der Waals surface area (Å²) in [5.41, 5.74) is 1.21. The molecule has 2 heterocycles. The third kappa shape index (κ3) is 3.45. The Morgan fingerprint density at radius 2 is 2.04 bits per heavy atom. The Balaban J connectivity index is 1.53. The smallest absolute Gasteiger partial charge is 0.144 e. The number of hydrogen-bond donors (Lipinski definition) is 0. The van der Waals surface area contributed by atoms with E-state index in [9.17, 15) is 4.39 Å². The maximum atomic E-state index is 13.8. The summed E-state index contributed by atoms with van der Waals surface area (Å²) in [5, 5.41) is 17.5. The average molecular weight is 308 g/mol. The van der Waals surface area contributed by atoms with Gasteiger partial charge in [-0.25, -0.2) is 9.37 Å². The molecule has 0 saturated carbocycles. The zero-order chi connectivity index (χ0) is 16.2. The van der Waals surface area contributed by atoms with Crippen molar-refractivity contribution in [3.63, 3.8) is 0 Å². The lowest BCUT2D eigenvalue weighted by Gasteiger charge is -2.39. The van der Waals surface area contributed by atoms with Crippen molar-refractivity contribution in [2.45, 2.75) is 12.6 Å². The Kier molecular flexibility index (Phi) is 4.18. The number of pyridine rings is 1. The molecular weight excluding hydrogens is 295 g/mol. The van der Waals surface area contributed by atoms with Crippen LogP contribution in [0.15, 0.2) is 36.5 Å². The summed E-state index contributed by atoms with van der Waals surface area (Å²) in [4.78, 5) is 5.94. The van der Waals surface area contributed by atoms with Crippen molar-refractivity contribution in [3.05, 3.63) is 59.2 Å². The number of nitrogens with zero attached hydrogens (tertiary/aromatic N) is 4. The van der Waals surface area contributed by atoms with Crippen LogP contribution in [0.1, 0.15) is 16.8 Å². The quantitative estimate of drug-likeness (QED) is 0.866. The van der Waals surface area contributed by atoms with Gasteiger partial charge in [-0.3, -0.25) is 4.90 Å². The first-order valence-electron chi connectivity index (χ1n) is 7.11. The number of hydrogen-bond acceptors (Lipinski definition) is 5. The lowest BCUT2D eigenvalue weighted by molar-refractivity contribution is 0.0139. The van der Waals surface area contributed by atoms with E-state index in [4.69, 9.17) is 15.3 Å². The van der Waals surface area contributed by atoms with Crippen LogP contribution in [0.5, 0.6) is 5.75 Å². The van der Waals surface area contributed by atoms with Crippen molar-refractivity contribution in [1.82, 2.24) is 9.88 Å². The van der Waals surface area contributed by atoms with E-state index in [2.05, 4.69) is 9.88 Å². The first kappa shape index (κ1) is 15.0. The van der Waals surface area contributed by atoms with E-state index in [0.717, 1.165) is 0 Å². The number of benzene rings is 1. The fourth-order valence-corrected chi connectivity index (χ4v) is 2.45. The molecule has 0 radical (unpaired) electrons. The van der Waals surface area contributed by atoms with Gasteiger partial charge in [0.05, 0.1) is 11.6 Å². The maximum Gasteiger partial charge on any atom is 0.144 e. The van der Waals surface area contributed by atoms with Gasteiger partial charge in [-0.2, -0.15) is 10.5 Å². The number of nitriles is 2. The van der Waals surface area contributed by atoms with Crippen molar-refractivity contribution in [2.75, 3.05) is 13.1 Å². The number of halogens is 1. The molecule has 114 valence electrons. The molecule has 0 aliphatic carbocycles. The topological polar surface area (TPSA) is 72.9 Å². The Hall–Kier alpha value is -2.96. The standard InChI is InChI=1S/C17H13FN4O/c18-17-5-12(7-19)1-2-13(17)9-22-10-16(11-22)23-15-3-4-21-14(6-15)8-20/h1-6,16H,9-11H2. The van der Waals surface area contributed by atoms with Crippen LogP contribution in [0.4, 0.5) is 4.39 Å². The second kappa shape index (κ2) is 6.43. The summed E-state index contributed by atoms with van der Waals surface area (Å²) in [7, 11) is 0. The van der Waals surface area contributed by atoms with Crippen LogP contribution in [0.3, 0.4) is 0 Å². The van der Waals surface area contributed by atoms with E-state index >= 15 is 0 Å². The Morgan fingerprint density at radius 1 is 1.22 bits per heavy atom. The predicted molar refractivity (Wildman–Crippen MR) is 79.8 cm³/mol. The van der Waals surface area contributed by atoms with Crippen LogP contribution in [-0.4, -0.2) is 29.1 Å². The minimum Gasteiger partial charge on any atom is -0.488 e. The highest BCUT2D eigenvalue weighted by Crippen LogP contribution is 2.21. The van der Waals surface area contributed by atoms with E-state index < -0.39 is 0 Å². The van der Waals surface area contributed by atoms with Gasteiger partial charge in [-0.15, -0.1) is 0 Å². The van der Waals surface area contributed by atoms with Crippen LogP contribution < -0.4 is 4.74 Å². The zero-order valence-electron chi connectivity index (χ0n) is 12.2. The highest BCUT2D eigenvalue weighted by atomic mass is 19.1. The summed E-state index contributed by atoms with van der Waals surface area (Å²) in [5.74, 6) is 0.256.